The van der Waals surface area contributed by atoms with Gasteiger partial charge < -0.3 is 15.4 Å². The Morgan fingerprint density at radius 2 is 2.06 bits per heavy atom. The molecule has 0 spiro atoms. The largest absolute Gasteiger partial charge is 0.377 e. The molecular formula is C23H24F2N4O2S. The second-order valence-corrected chi connectivity index (χ2v) is 8.58. The number of carbonyl (C=O) groups is 1. The molecule has 1 aliphatic heterocycles. The molecule has 1 saturated heterocycles. The number of piperidine rings is 1. The molecule has 2 aromatic heterocycles. The van der Waals surface area contributed by atoms with Crippen LogP contribution in [0.25, 0.3) is 10.6 Å². The van der Waals surface area contributed by atoms with E-state index in [9.17, 15) is 13.6 Å². The van der Waals surface area contributed by atoms with Crippen LogP contribution in [0.5, 0.6) is 0 Å². The van der Waals surface area contributed by atoms with Crippen molar-refractivity contribution in [2.45, 2.75) is 31.9 Å². The van der Waals surface area contributed by atoms with E-state index in [1.54, 1.807) is 12.4 Å². The van der Waals surface area contributed by atoms with Crippen LogP contribution in [-0.2, 0) is 11.2 Å². The molecule has 2 N–H and O–H groups in total. The van der Waals surface area contributed by atoms with Crippen molar-refractivity contribution in [2.24, 2.45) is 5.73 Å². The number of thiazole rings is 1. The number of pyridine rings is 1. The summed E-state index contributed by atoms with van der Waals surface area (Å²) in [4.78, 5) is 23.5. The number of halogens is 2. The van der Waals surface area contributed by atoms with Gasteiger partial charge in [0.1, 0.15) is 22.3 Å². The van der Waals surface area contributed by atoms with E-state index in [-0.39, 0.29) is 40.6 Å². The Bertz CT molecular complexity index is 1090. The molecule has 0 bridgehead atoms. The molecule has 0 saturated carbocycles. The first-order valence-electron chi connectivity index (χ1n) is 10.4. The fourth-order valence-corrected chi connectivity index (χ4v) is 4.86. The van der Waals surface area contributed by atoms with Gasteiger partial charge in [-0.2, -0.15) is 0 Å². The molecule has 1 aliphatic rings. The second-order valence-electron chi connectivity index (χ2n) is 7.72. The maximum absolute atomic E-state index is 14.1. The SMILES string of the molecule is CCO[C@@H]1C[C@H](N)CN(c2ccncc2CC(=O)c2csc(-c3c(F)cccc3F)n2)C1. The summed E-state index contributed by atoms with van der Waals surface area (Å²) >= 11 is 1.04. The normalized spacial score (nSPS) is 18.7. The minimum absolute atomic E-state index is 0.0252. The maximum Gasteiger partial charge on any atom is 0.186 e. The van der Waals surface area contributed by atoms with E-state index in [0.717, 1.165) is 29.0 Å². The van der Waals surface area contributed by atoms with E-state index in [1.165, 1.54) is 23.6 Å². The van der Waals surface area contributed by atoms with Crippen LogP contribution in [0.15, 0.2) is 42.0 Å². The molecule has 4 rings (SSSR count). The molecule has 6 nitrogen and oxygen atoms in total. The predicted octanol–water partition coefficient (Wildman–Crippen LogP) is 3.85. The van der Waals surface area contributed by atoms with Gasteiger partial charge in [0, 0.05) is 61.2 Å². The molecule has 32 heavy (non-hydrogen) atoms. The Morgan fingerprint density at radius 1 is 1.28 bits per heavy atom. The highest BCUT2D eigenvalue weighted by atomic mass is 32.1. The minimum atomic E-state index is -0.710. The van der Waals surface area contributed by atoms with E-state index in [1.807, 2.05) is 13.0 Å². The number of nitrogens with zero attached hydrogens (tertiary/aromatic N) is 3. The van der Waals surface area contributed by atoms with Crippen LogP contribution in [0.3, 0.4) is 0 Å². The average Bonchev–Trinajstić information content (AvgIpc) is 3.24. The highest BCUT2D eigenvalue weighted by Crippen LogP contribution is 2.30. The monoisotopic (exact) mass is 458 g/mol. The van der Waals surface area contributed by atoms with Gasteiger partial charge in [-0.15, -0.1) is 11.3 Å². The molecule has 0 radical (unpaired) electrons. The maximum atomic E-state index is 14.1. The fraction of sp³-hybridized carbons (Fsp3) is 0.348. The second kappa shape index (κ2) is 9.81. The van der Waals surface area contributed by atoms with Crippen LogP contribution in [-0.4, -0.2) is 47.6 Å². The van der Waals surface area contributed by atoms with Gasteiger partial charge in [-0.25, -0.2) is 13.8 Å². The molecule has 3 aromatic rings. The van der Waals surface area contributed by atoms with Crippen LogP contribution in [0.4, 0.5) is 14.5 Å². The number of hydrogen-bond donors (Lipinski definition) is 1. The standard InChI is InChI=1S/C23H24F2N4O2S/c1-2-31-16-9-15(26)11-29(12-16)20-6-7-27-10-14(20)8-21(30)19-13-32-23(28-19)22-17(24)4-3-5-18(22)25/h3-7,10,13,15-16H,2,8-9,11-12,26H2,1H3/t15-,16+/m0/s1. The van der Waals surface area contributed by atoms with Crippen molar-refractivity contribution in [1.82, 2.24) is 9.97 Å². The summed E-state index contributed by atoms with van der Waals surface area (Å²) in [5, 5.41) is 1.67. The number of ether oxygens (including phenoxy) is 1. The summed E-state index contributed by atoms with van der Waals surface area (Å²) < 4.78 is 33.9. The number of nitrogens with two attached hydrogens (primary N) is 1. The molecule has 0 unspecified atom stereocenters. The van der Waals surface area contributed by atoms with Gasteiger partial charge >= 0.3 is 0 Å². The van der Waals surface area contributed by atoms with E-state index < -0.39 is 11.6 Å². The first kappa shape index (κ1) is 22.4. The zero-order valence-corrected chi connectivity index (χ0v) is 18.4. The highest BCUT2D eigenvalue weighted by Gasteiger charge is 2.27. The van der Waals surface area contributed by atoms with E-state index in [4.69, 9.17) is 10.5 Å². The van der Waals surface area contributed by atoms with Crippen molar-refractivity contribution in [3.05, 3.63) is 64.9 Å². The van der Waals surface area contributed by atoms with Crippen molar-refractivity contribution < 1.29 is 18.3 Å². The van der Waals surface area contributed by atoms with E-state index in [2.05, 4.69) is 14.9 Å². The molecule has 9 heteroatoms. The minimum Gasteiger partial charge on any atom is -0.377 e. The smallest absolute Gasteiger partial charge is 0.186 e. The Labute approximate surface area is 189 Å². The lowest BCUT2D eigenvalue weighted by molar-refractivity contribution is 0.0480. The number of Topliss-reactive ketones (excluding diaryl/α,β-unsaturated/α-hetero) is 1. The van der Waals surface area contributed by atoms with Crippen LogP contribution in [0.2, 0.25) is 0 Å². The molecule has 0 amide bonds. The summed E-state index contributed by atoms with van der Waals surface area (Å²) in [6.07, 6.45) is 4.22. The fourth-order valence-electron chi connectivity index (χ4n) is 3.99. The molecule has 168 valence electrons. The van der Waals surface area contributed by atoms with Crippen molar-refractivity contribution >= 4 is 22.8 Å². The molecule has 3 heterocycles. The van der Waals surface area contributed by atoms with Crippen LogP contribution >= 0.6 is 11.3 Å². The Kier molecular flexibility index (Phi) is 6.88. The Morgan fingerprint density at radius 3 is 2.81 bits per heavy atom. The third-order valence-corrected chi connectivity index (χ3v) is 6.24. The van der Waals surface area contributed by atoms with Crippen LogP contribution in [0.1, 0.15) is 29.4 Å². The quantitative estimate of drug-likeness (QED) is 0.542. The number of carbonyl (C=O) groups excluding carboxylic acids is 1. The summed E-state index contributed by atoms with van der Waals surface area (Å²) in [5.41, 5.74) is 7.81. The number of benzene rings is 1. The lowest BCUT2D eigenvalue weighted by Crippen LogP contribution is -2.50. The zero-order chi connectivity index (χ0) is 22.7. The van der Waals surface area contributed by atoms with Gasteiger partial charge in [-0.1, -0.05) is 6.07 Å². The Balaban J connectivity index is 1.55. The molecule has 0 aliphatic carbocycles. The van der Waals surface area contributed by atoms with Crippen molar-refractivity contribution in [3.8, 4) is 10.6 Å². The van der Waals surface area contributed by atoms with Crippen LogP contribution < -0.4 is 10.6 Å². The van der Waals surface area contributed by atoms with Crippen molar-refractivity contribution in [2.75, 3.05) is 24.6 Å². The van der Waals surface area contributed by atoms with Gasteiger partial charge in [-0.3, -0.25) is 9.78 Å². The third kappa shape index (κ3) is 4.85. The number of ketones is 1. The summed E-state index contributed by atoms with van der Waals surface area (Å²) in [6.45, 7) is 3.90. The van der Waals surface area contributed by atoms with Gasteiger partial charge in [0.05, 0.1) is 11.7 Å². The predicted molar refractivity (Wildman–Crippen MR) is 120 cm³/mol. The topological polar surface area (TPSA) is 81.3 Å². The van der Waals surface area contributed by atoms with Gasteiger partial charge in [-0.05, 0) is 31.5 Å². The van der Waals surface area contributed by atoms with Gasteiger partial charge in [0.15, 0.2) is 5.78 Å². The summed E-state index contributed by atoms with van der Waals surface area (Å²) in [7, 11) is 0. The van der Waals surface area contributed by atoms with Crippen LogP contribution in [0, 0.1) is 11.6 Å². The number of hydrogen-bond acceptors (Lipinski definition) is 7. The molecule has 2 atom stereocenters. The zero-order valence-electron chi connectivity index (χ0n) is 17.6. The van der Waals surface area contributed by atoms with Crippen molar-refractivity contribution in [1.29, 1.82) is 0 Å². The van der Waals surface area contributed by atoms with Gasteiger partial charge in [0.2, 0.25) is 0 Å². The average molecular weight is 459 g/mol. The number of rotatable bonds is 7. The Hall–Kier alpha value is -2.75. The van der Waals surface area contributed by atoms with Gasteiger partial charge in [0.25, 0.3) is 0 Å². The van der Waals surface area contributed by atoms with E-state index >= 15 is 0 Å². The molecule has 1 fully saturated rings. The molecular weight excluding hydrogens is 434 g/mol. The lowest BCUT2D eigenvalue weighted by atomic mass is 10.0. The third-order valence-electron chi connectivity index (χ3n) is 5.38. The lowest BCUT2D eigenvalue weighted by Gasteiger charge is -2.38. The number of anilines is 1. The van der Waals surface area contributed by atoms with Crippen molar-refractivity contribution in [3.63, 3.8) is 0 Å². The molecule has 1 aromatic carbocycles. The highest BCUT2D eigenvalue weighted by molar-refractivity contribution is 7.13. The summed E-state index contributed by atoms with van der Waals surface area (Å²) in [6, 6.07) is 5.46. The number of aromatic nitrogens is 2. The first-order chi connectivity index (χ1) is 15.5. The first-order valence-corrected chi connectivity index (χ1v) is 11.3. The summed E-state index contributed by atoms with van der Waals surface area (Å²) in [5.74, 6) is -1.67. The van der Waals surface area contributed by atoms with E-state index in [0.29, 0.717) is 19.7 Å².